The molecule has 2 fully saturated rings. The Hall–Kier alpha value is -0.530. The van der Waals surface area contributed by atoms with Gasteiger partial charge in [-0.15, -0.1) is 24.0 Å². The zero-order valence-corrected chi connectivity index (χ0v) is 17.7. The van der Waals surface area contributed by atoms with Crippen molar-refractivity contribution in [3.63, 3.8) is 0 Å². The van der Waals surface area contributed by atoms with Crippen LogP contribution in [0.3, 0.4) is 0 Å². The van der Waals surface area contributed by atoms with Crippen molar-refractivity contribution >= 4 is 35.8 Å². The summed E-state index contributed by atoms with van der Waals surface area (Å²) in [5.41, 5.74) is 0. The first-order chi connectivity index (χ1) is 11.2. The molecule has 2 aliphatic rings. The molecule has 2 N–H and O–H groups in total. The van der Waals surface area contributed by atoms with Crippen molar-refractivity contribution in [1.82, 2.24) is 15.5 Å². The number of unbranched alkanes of at least 4 members (excludes halogenated alkanes) is 2. The number of halogens is 1. The third-order valence-corrected chi connectivity index (χ3v) is 4.92. The maximum atomic E-state index is 12.5. The van der Waals surface area contributed by atoms with Gasteiger partial charge in [0.2, 0.25) is 5.91 Å². The zero-order valence-electron chi connectivity index (χ0n) is 15.4. The number of amides is 1. The van der Waals surface area contributed by atoms with Crippen molar-refractivity contribution in [2.45, 2.75) is 71.3 Å². The smallest absolute Gasteiger partial charge is 0.225 e. The van der Waals surface area contributed by atoms with Crippen molar-refractivity contribution in [2.75, 3.05) is 26.2 Å². The van der Waals surface area contributed by atoms with E-state index in [9.17, 15) is 4.79 Å². The molecule has 1 amide bonds. The Bertz CT molecular complexity index is 396. The van der Waals surface area contributed by atoms with Crippen LogP contribution in [-0.2, 0) is 4.79 Å². The second-order valence-corrected chi connectivity index (χ2v) is 6.86. The Balaban J connectivity index is 0.00000288. The highest BCUT2D eigenvalue weighted by Crippen LogP contribution is 2.27. The minimum atomic E-state index is 0. The highest BCUT2D eigenvalue weighted by atomic mass is 127. The second-order valence-electron chi connectivity index (χ2n) is 6.86. The number of hydrogen-bond acceptors (Lipinski definition) is 2. The van der Waals surface area contributed by atoms with Crippen LogP contribution in [0.5, 0.6) is 0 Å². The Morgan fingerprint density at radius 2 is 1.92 bits per heavy atom. The van der Waals surface area contributed by atoms with Crippen LogP contribution in [0.15, 0.2) is 4.99 Å². The minimum absolute atomic E-state index is 0. The summed E-state index contributed by atoms with van der Waals surface area (Å²) in [6.45, 7) is 7.77. The first-order valence-corrected chi connectivity index (χ1v) is 9.58. The maximum absolute atomic E-state index is 12.5. The van der Waals surface area contributed by atoms with Gasteiger partial charge in [0, 0.05) is 38.1 Å². The highest BCUT2D eigenvalue weighted by Gasteiger charge is 2.32. The predicted molar refractivity (Wildman–Crippen MR) is 111 cm³/mol. The third-order valence-electron chi connectivity index (χ3n) is 4.92. The molecule has 0 aromatic heterocycles. The van der Waals surface area contributed by atoms with Gasteiger partial charge in [0.15, 0.2) is 5.96 Å². The molecule has 0 aromatic carbocycles. The highest BCUT2D eigenvalue weighted by molar-refractivity contribution is 14.0. The van der Waals surface area contributed by atoms with Crippen LogP contribution in [0, 0.1) is 5.92 Å². The number of rotatable bonds is 7. The molecule has 0 aromatic rings. The molecule has 1 unspecified atom stereocenters. The van der Waals surface area contributed by atoms with E-state index in [0.29, 0.717) is 17.9 Å². The molecule has 1 saturated carbocycles. The monoisotopic (exact) mass is 450 g/mol. The lowest BCUT2D eigenvalue weighted by Gasteiger charge is -2.21. The standard InChI is InChI=1S/C18H34N4O.HI/c1-3-5-8-12-20-18(19-4-2)21-16-11-13-22(14-16)17(23)15-9-6-7-10-15;/h15-16H,3-14H2,1-2H3,(H2,19,20,21);1H. The van der Waals surface area contributed by atoms with Crippen molar-refractivity contribution in [3.8, 4) is 0 Å². The van der Waals surface area contributed by atoms with E-state index in [1.54, 1.807) is 0 Å². The summed E-state index contributed by atoms with van der Waals surface area (Å²) in [7, 11) is 0. The zero-order chi connectivity index (χ0) is 16.5. The third kappa shape index (κ3) is 6.76. The Morgan fingerprint density at radius 3 is 2.58 bits per heavy atom. The number of nitrogens with one attached hydrogen (secondary N) is 2. The summed E-state index contributed by atoms with van der Waals surface area (Å²) in [5, 5.41) is 6.84. The van der Waals surface area contributed by atoms with E-state index in [1.807, 2.05) is 0 Å². The fraction of sp³-hybridized carbons (Fsp3) is 0.889. The van der Waals surface area contributed by atoms with Gasteiger partial charge in [-0.25, -0.2) is 0 Å². The van der Waals surface area contributed by atoms with E-state index in [2.05, 4.69) is 34.4 Å². The molecule has 0 bridgehead atoms. The molecule has 140 valence electrons. The lowest BCUT2D eigenvalue weighted by molar-refractivity contribution is -0.134. The lowest BCUT2D eigenvalue weighted by atomic mass is 10.1. The van der Waals surface area contributed by atoms with E-state index >= 15 is 0 Å². The van der Waals surface area contributed by atoms with Crippen molar-refractivity contribution in [1.29, 1.82) is 0 Å². The Morgan fingerprint density at radius 1 is 1.17 bits per heavy atom. The quantitative estimate of drug-likeness (QED) is 0.271. The number of hydrogen-bond donors (Lipinski definition) is 2. The van der Waals surface area contributed by atoms with Crippen LogP contribution in [0.25, 0.3) is 0 Å². The van der Waals surface area contributed by atoms with Crippen molar-refractivity contribution < 1.29 is 4.79 Å². The van der Waals surface area contributed by atoms with Gasteiger partial charge in [-0.3, -0.25) is 9.79 Å². The predicted octanol–water partition coefficient (Wildman–Crippen LogP) is 3.14. The number of aliphatic imine (C=N–C) groups is 1. The van der Waals surface area contributed by atoms with Crippen molar-refractivity contribution in [2.24, 2.45) is 10.9 Å². The summed E-state index contributed by atoms with van der Waals surface area (Å²) >= 11 is 0. The molecule has 1 aliphatic carbocycles. The fourth-order valence-corrected chi connectivity index (χ4v) is 3.58. The Labute approximate surface area is 164 Å². The van der Waals surface area contributed by atoms with Crippen LogP contribution in [0.2, 0.25) is 0 Å². The number of likely N-dealkylation sites (tertiary alicyclic amines) is 1. The summed E-state index contributed by atoms with van der Waals surface area (Å²) in [5.74, 6) is 1.59. The minimum Gasteiger partial charge on any atom is -0.357 e. The molecule has 6 heteroatoms. The van der Waals surface area contributed by atoms with Crippen LogP contribution in [0.4, 0.5) is 0 Å². The van der Waals surface area contributed by atoms with Gasteiger partial charge in [-0.1, -0.05) is 32.6 Å². The molecule has 5 nitrogen and oxygen atoms in total. The van der Waals surface area contributed by atoms with Crippen molar-refractivity contribution in [3.05, 3.63) is 0 Å². The SMILES string of the molecule is CCCCCN=C(NCC)NC1CCN(C(=O)C2CCCC2)C1.I. The van der Waals surface area contributed by atoms with Crippen LogP contribution < -0.4 is 10.6 Å². The molecular formula is C18H35IN4O. The van der Waals surface area contributed by atoms with E-state index < -0.39 is 0 Å². The molecule has 24 heavy (non-hydrogen) atoms. The first-order valence-electron chi connectivity index (χ1n) is 9.58. The molecule has 0 radical (unpaired) electrons. The molecular weight excluding hydrogens is 415 g/mol. The van der Waals surface area contributed by atoms with Crippen LogP contribution in [0.1, 0.15) is 65.2 Å². The van der Waals surface area contributed by atoms with E-state index in [-0.39, 0.29) is 24.0 Å². The summed E-state index contributed by atoms with van der Waals surface area (Å²) < 4.78 is 0. The topological polar surface area (TPSA) is 56.7 Å². The average molecular weight is 450 g/mol. The number of nitrogens with zero attached hydrogens (tertiary/aromatic N) is 2. The maximum Gasteiger partial charge on any atom is 0.225 e. The number of carbonyl (C=O) groups is 1. The van der Waals surface area contributed by atoms with E-state index in [0.717, 1.165) is 57.8 Å². The van der Waals surface area contributed by atoms with Crippen LogP contribution >= 0.6 is 24.0 Å². The lowest BCUT2D eigenvalue weighted by Crippen LogP contribution is -2.45. The van der Waals surface area contributed by atoms with Crippen LogP contribution in [-0.4, -0.2) is 49.0 Å². The molecule has 0 spiro atoms. The Kier molecular flexibility index (Phi) is 10.7. The summed E-state index contributed by atoms with van der Waals surface area (Å²) in [6, 6.07) is 0.337. The molecule has 1 heterocycles. The van der Waals surface area contributed by atoms with E-state index in [4.69, 9.17) is 0 Å². The van der Waals surface area contributed by atoms with Gasteiger partial charge in [0.1, 0.15) is 0 Å². The van der Waals surface area contributed by atoms with Gasteiger partial charge in [0.05, 0.1) is 0 Å². The van der Waals surface area contributed by atoms with Gasteiger partial charge in [-0.2, -0.15) is 0 Å². The normalized spacial score (nSPS) is 21.7. The molecule has 1 aliphatic heterocycles. The summed E-state index contributed by atoms with van der Waals surface area (Å²) in [6.07, 6.45) is 9.25. The van der Waals surface area contributed by atoms with E-state index in [1.165, 1.54) is 25.7 Å². The second kappa shape index (κ2) is 11.9. The average Bonchev–Trinajstić information content (AvgIpc) is 3.22. The fourth-order valence-electron chi connectivity index (χ4n) is 3.58. The number of guanidine groups is 1. The molecule has 1 saturated heterocycles. The molecule has 1 atom stereocenters. The van der Waals surface area contributed by atoms with Gasteiger partial charge >= 0.3 is 0 Å². The van der Waals surface area contributed by atoms with Gasteiger partial charge < -0.3 is 15.5 Å². The first kappa shape index (κ1) is 21.5. The molecule has 2 rings (SSSR count). The van der Waals surface area contributed by atoms with Gasteiger partial charge in [0.25, 0.3) is 0 Å². The number of carbonyl (C=O) groups excluding carboxylic acids is 1. The largest absolute Gasteiger partial charge is 0.357 e. The van der Waals surface area contributed by atoms with Gasteiger partial charge in [-0.05, 0) is 32.6 Å². The summed E-state index contributed by atoms with van der Waals surface area (Å²) in [4.78, 5) is 19.2.